The van der Waals surface area contributed by atoms with Crippen molar-refractivity contribution in [2.45, 2.75) is 6.92 Å². The summed E-state index contributed by atoms with van der Waals surface area (Å²) in [7, 11) is 3.03. The van der Waals surface area contributed by atoms with Gasteiger partial charge in [0.25, 0.3) is 11.8 Å². The van der Waals surface area contributed by atoms with Gasteiger partial charge < -0.3 is 20.5 Å². The lowest BCUT2D eigenvalue weighted by Crippen LogP contribution is -2.36. The first-order valence-corrected chi connectivity index (χ1v) is 9.76. The number of amides is 2. The molecule has 0 saturated heterocycles. The van der Waals surface area contributed by atoms with Gasteiger partial charge in [-0.15, -0.1) is 0 Å². The van der Waals surface area contributed by atoms with Crippen LogP contribution in [-0.4, -0.2) is 32.0 Å². The maximum Gasteiger partial charge on any atom is 0.258 e. The zero-order valence-corrected chi connectivity index (χ0v) is 18.0. The van der Waals surface area contributed by atoms with E-state index in [9.17, 15) is 9.59 Å². The molecule has 2 amide bonds. The number of methoxy groups -OCH3 is 2. The molecule has 0 spiro atoms. The van der Waals surface area contributed by atoms with Crippen LogP contribution in [0, 0.1) is 6.92 Å². The Bertz CT molecular complexity index is 1160. The molecule has 0 aliphatic carbocycles. The first-order chi connectivity index (χ1) is 15.4. The van der Waals surface area contributed by atoms with Gasteiger partial charge in [0.1, 0.15) is 0 Å². The van der Waals surface area contributed by atoms with Crippen LogP contribution in [0.4, 0.5) is 11.4 Å². The van der Waals surface area contributed by atoms with Gasteiger partial charge in [-0.25, -0.2) is 4.99 Å². The molecule has 3 aromatic rings. The van der Waals surface area contributed by atoms with E-state index in [1.807, 2.05) is 13.0 Å². The molecule has 3 aromatic carbocycles. The van der Waals surface area contributed by atoms with Gasteiger partial charge >= 0.3 is 0 Å². The van der Waals surface area contributed by atoms with E-state index in [2.05, 4.69) is 15.6 Å². The number of carbonyl (C=O) groups is 2. The van der Waals surface area contributed by atoms with E-state index in [0.29, 0.717) is 34.0 Å². The Hall–Kier alpha value is -4.33. The number of nitrogens with one attached hydrogen (secondary N) is 2. The largest absolute Gasteiger partial charge is 0.493 e. The number of benzene rings is 3. The van der Waals surface area contributed by atoms with Gasteiger partial charge in [-0.1, -0.05) is 24.3 Å². The highest BCUT2D eigenvalue weighted by molar-refractivity contribution is 6.06. The number of hydrogen-bond donors (Lipinski definition) is 3. The van der Waals surface area contributed by atoms with Crippen molar-refractivity contribution < 1.29 is 19.1 Å². The highest BCUT2D eigenvalue weighted by atomic mass is 16.5. The SMILES string of the molecule is COc1cc(C(=O)NC(N)=Nc2cccc(NC(=O)c3ccccc3)c2)cc(C)c1OC. The van der Waals surface area contributed by atoms with Crippen LogP contribution in [-0.2, 0) is 0 Å². The number of nitrogens with zero attached hydrogens (tertiary/aromatic N) is 1. The number of hydrogen-bond acceptors (Lipinski definition) is 5. The van der Waals surface area contributed by atoms with Gasteiger partial charge in [0.05, 0.1) is 19.9 Å². The van der Waals surface area contributed by atoms with Crippen molar-refractivity contribution in [1.82, 2.24) is 5.32 Å². The fourth-order valence-electron chi connectivity index (χ4n) is 3.09. The van der Waals surface area contributed by atoms with Crippen molar-refractivity contribution in [1.29, 1.82) is 0 Å². The second kappa shape index (κ2) is 10.1. The lowest BCUT2D eigenvalue weighted by molar-refractivity contribution is 0.0974. The molecule has 4 N–H and O–H groups in total. The van der Waals surface area contributed by atoms with Crippen LogP contribution in [0.2, 0.25) is 0 Å². The third-order valence-electron chi connectivity index (χ3n) is 4.56. The van der Waals surface area contributed by atoms with Gasteiger partial charge in [-0.2, -0.15) is 0 Å². The summed E-state index contributed by atoms with van der Waals surface area (Å²) >= 11 is 0. The van der Waals surface area contributed by atoms with Crippen LogP contribution in [0.1, 0.15) is 26.3 Å². The fourth-order valence-corrected chi connectivity index (χ4v) is 3.09. The van der Waals surface area contributed by atoms with Crippen molar-refractivity contribution in [3.8, 4) is 11.5 Å². The molecule has 32 heavy (non-hydrogen) atoms. The minimum atomic E-state index is -0.441. The summed E-state index contributed by atoms with van der Waals surface area (Å²) < 4.78 is 10.6. The number of carbonyl (C=O) groups excluding carboxylic acids is 2. The third-order valence-corrected chi connectivity index (χ3v) is 4.56. The van der Waals surface area contributed by atoms with Crippen LogP contribution in [0.15, 0.2) is 71.7 Å². The Morgan fingerprint density at radius 3 is 2.31 bits per heavy atom. The van der Waals surface area contributed by atoms with Crippen molar-refractivity contribution in [2.75, 3.05) is 19.5 Å². The standard InChI is InChI=1S/C24H24N4O4/c1-15-12-17(13-20(31-2)21(15)32-3)23(30)28-24(25)27-19-11-7-10-18(14-19)26-22(29)16-8-5-4-6-9-16/h4-14H,1-3H3,(H,26,29)(H3,25,27,28,30). The topological polar surface area (TPSA) is 115 Å². The van der Waals surface area contributed by atoms with Gasteiger partial charge in [0, 0.05) is 16.8 Å². The lowest BCUT2D eigenvalue weighted by Gasteiger charge is -2.13. The molecular weight excluding hydrogens is 408 g/mol. The summed E-state index contributed by atoms with van der Waals surface area (Å²) in [6, 6.07) is 18.9. The van der Waals surface area contributed by atoms with Gasteiger partial charge in [0.15, 0.2) is 11.5 Å². The highest BCUT2D eigenvalue weighted by Gasteiger charge is 2.15. The maximum atomic E-state index is 12.6. The second-order valence-corrected chi connectivity index (χ2v) is 6.85. The number of guanidine groups is 1. The molecule has 0 radical (unpaired) electrons. The van der Waals surface area contributed by atoms with E-state index in [4.69, 9.17) is 15.2 Å². The molecule has 0 bridgehead atoms. The van der Waals surface area contributed by atoms with E-state index < -0.39 is 5.91 Å². The molecule has 0 atom stereocenters. The molecule has 8 nitrogen and oxygen atoms in total. The number of aliphatic imine (C=N–C) groups is 1. The normalized spacial score (nSPS) is 10.9. The molecule has 0 saturated carbocycles. The van der Waals surface area contributed by atoms with Crippen LogP contribution >= 0.6 is 0 Å². The molecule has 0 heterocycles. The summed E-state index contributed by atoms with van der Waals surface area (Å²) in [5.41, 5.74) is 8.58. The minimum absolute atomic E-state index is 0.0889. The van der Waals surface area contributed by atoms with Gasteiger partial charge in [0.2, 0.25) is 5.96 Å². The Kier molecular flexibility index (Phi) is 7.07. The second-order valence-electron chi connectivity index (χ2n) is 6.85. The van der Waals surface area contributed by atoms with Crippen LogP contribution in [0.25, 0.3) is 0 Å². The predicted octanol–water partition coefficient (Wildman–Crippen LogP) is 3.64. The number of nitrogens with two attached hydrogens (primary N) is 1. The van der Waals surface area contributed by atoms with E-state index in [1.54, 1.807) is 60.7 Å². The van der Waals surface area contributed by atoms with E-state index in [0.717, 1.165) is 5.56 Å². The molecule has 0 aliphatic rings. The summed E-state index contributed by atoms with van der Waals surface area (Å²) in [6.45, 7) is 1.81. The number of aryl methyl sites for hydroxylation is 1. The monoisotopic (exact) mass is 432 g/mol. The maximum absolute atomic E-state index is 12.6. The molecule has 3 rings (SSSR count). The van der Waals surface area contributed by atoms with Gasteiger partial charge in [-0.05, 0) is 55.0 Å². The fraction of sp³-hybridized carbons (Fsp3) is 0.125. The number of rotatable bonds is 6. The molecule has 0 aliphatic heterocycles. The number of anilines is 1. The zero-order chi connectivity index (χ0) is 23.1. The van der Waals surface area contributed by atoms with Crippen molar-refractivity contribution in [3.63, 3.8) is 0 Å². The molecule has 0 aromatic heterocycles. The van der Waals surface area contributed by atoms with Crippen LogP contribution in [0.5, 0.6) is 11.5 Å². The molecular formula is C24H24N4O4. The Balaban J connectivity index is 1.72. The quantitative estimate of drug-likeness (QED) is 0.406. The Labute approximate surface area is 186 Å². The smallest absolute Gasteiger partial charge is 0.258 e. The molecule has 0 fully saturated rings. The molecule has 8 heteroatoms. The van der Waals surface area contributed by atoms with E-state index in [-0.39, 0.29) is 11.9 Å². The summed E-state index contributed by atoms with van der Waals surface area (Å²) in [5, 5.41) is 5.36. The predicted molar refractivity (Wildman–Crippen MR) is 124 cm³/mol. The van der Waals surface area contributed by atoms with Crippen molar-refractivity contribution in [3.05, 3.63) is 83.4 Å². The lowest BCUT2D eigenvalue weighted by atomic mass is 10.1. The summed E-state index contributed by atoms with van der Waals surface area (Å²) in [4.78, 5) is 29.2. The Morgan fingerprint density at radius 1 is 0.875 bits per heavy atom. The van der Waals surface area contributed by atoms with Crippen molar-refractivity contribution >= 4 is 29.1 Å². The third kappa shape index (κ3) is 5.42. The van der Waals surface area contributed by atoms with Gasteiger partial charge in [-0.3, -0.25) is 14.9 Å². The van der Waals surface area contributed by atoms with Crippen molar-refractivity contribution in [2.24, 2.45) is 10.7 Å². The highest BCUT2D eigenvalue weighted by Crippen LogP contribution is 2.31. The molecule has 0 unspecified atom stereocenters. The van der Waals surface area contributed by atoms with Crippen LogP contribution in [0.3, 0.4) is 0 Å². The Morgan fingerprint density at radius 2 is 1.62 bits per heavy atom. The minimum Gasteiger partial charge on any atom is -0.493 e. The first-order valence-electron chi connectivity index (χ1n) is 9.76. The average Bonchev–Trinajstić information content (AvgIpc) is 2.79. The number of ether oxygens (including phenoxy) is 2. The summed E-state index contributed by atoms with van der Waals surface area (Å²) in [5.74, 6) is 0.227. The van der Waals surface area contributed by atoms with E-state index in [1.165, 1.54) is 14.2 Å². The van der Waals surface area contributed by atoms with Crippen LogP contribution < -0.4 is 25.8 Å². The molecule has 164 valence electrons. The van der Waals surface area contributed by atoms with E-state index >= 15 is 0 Å². The zero-order valence-electron chi connectivity index (χ0n) is 18.0. The first kappa shape index (κ1) is 22.4. The average molecular weight is 432 g/mol. The summed E-state index contributed by atoms with van der Waals surface area (Å²) in [6.07, 6.45) is 0.